The quantitative estimate of drug-likeness (QED) is 0.313. The van der Waals surface area contributed by atoms with Crippen LogP contribution in [0.4, 0.5) is 17.2 Å². The number of aromatic nitrogens is 1. The number of rotatable bonds is 5. The number of amides is 1. The first-order valence-corrected chi connectivity index (χ1v) is 10.8. The topological polar surface area (TPSA) is 125 Å². The zero-order valence-corrected chi connectivity index (χ0v) is 18.5. The Morgan fingerprint density at radius 3 is 2.61 bits per heavy atom. The molecule has 0 unspecified atom stereocenters. The highest BCUT2D eigenvalue weighted by atomic mass is 16.5. The van der Waals surface area contributed by atoms with Crippen molar-refractivity contribution in [1.29, 1.82) is 0 Å². The van der Waals surface area contributed by atoms with Gasteiger partial charge in [0.25, 0.3) is 0 Å². The summed E-state index contributed by atoms with van der Waals surface area (Å²) < 4.78 is 10.6. The molecule has 33 heavy (non-hydrogen) atoms. The number of fused-ring (bicyclic) bond motifs is 1. The molecule has 3 aromatic rings. The second-order valence-corrected chi connectivity index (χ2v) is 7.80. The molecule has 1 aromatic heterocycles. The number of carbonyl (C=O) groups is 1. The van der Waals surface area contributed by atoms with Gasteiger partial charge in [-0.3, -0.25) is 4.79 Å². The lowest BCUT2D eigenvalue weighted by atomic mass is 10.1. The van der Waals surface area contributed by atoms with Crippen molar-refractivity contribution in [2.45, 2.75) is 19.3 Å². The fourth-order valence-corrected chi connectivity index (χ4v) is 3.34. The molecule has 1 fully saturated rings. The van der Waals surface area contributed by atoms with E-state index in [1.165, 1.54) is 0 Å². The van der Waals surface area contributed by atoms with Gasteiger partial charge >= 0.3 is 0 Å². The van der Waals surface area contributed by atoms with Gasteiger partial charge in [0.1, 0.15) is 11.6 Å². The van der Waals surface area contributed by atoms with Gasteiger partial charge in [-0.2, -0.15) is 0 Å². The summed E-state index contributed by atoms with van der Waals surface area (Å²) in [6, 6.07) is 16.6. The van der Waals surface area contributed by atoms with Crippen molar-refractivity contribution in [3.05, 3.63) is 71.9 Å². The Hall–Kier alpha value is -4.07. The highest BCUT2D eigenvalue weighted by Gasteiger charge is 2.29. The van der Waals surface area contributed by atoms with Crippen molar-refractivity contribution >= 4 is 28.9 Å². The van der Waals surface area contributed by atoms with Gasteiger partial charge in [-0.15, -0.1) is 0 Å². The molecule has 0 atom stereocenters. The van der Waals surface area contributed by atoms with Crippen LogP contribution in [0.2, 0.25) is 0 Å². The summed E-state index contributed by atoms with van der Waals surface area (Å²) in [6.07, 6.45) is 4.66. The van der Waals surface area contributed by atoms with Crippen LogP contribution in [0.5, 0.6) is 11.5 Å². The lowest BCUT2D eigenvalue weighted by Crippen LogP contribution is -2.15. The molecular formula is C25H27N5O3. The first-order valence-electron chi connectivity index (χ1n) is 10.8. The van der Waals surface area contributed by atoms with Crippen molar-refractivity contribution in [2.75, 3.05) is 24.8 Å². The fourth-order valence-electron chi connectivity index (χ4n) is 3.34. The number of carbonyl (C=O) groups excluding carboxylic acids is 1. The molecule has 170 valence electrons. The summed E-state index contributed by atoms with van der Waals surface area (Å²) in [4.78, 5) is 19.9. The molecular weight excluding hydrogens is 418 g/mol. The number of hydrogen-bond acceptors (Lipinski definition) is 6. The van der Waals surface area contributed by atoms with Gasteiger partial charge < -0.3 is 26.3 Å². The largest absolute Gasteiger partial charge is 0.497 e. The second kappa shape index (κ2) is 10.0. The molecule has 5 N–H and O–H groups in total. The summed E-state index contributed by atoms with van der Waals surface area (Å²) in [5, 5.41) is 2.86. The Morgan fingerprint density at radius 2 is 1.91 bits per heavy atom. The standard InChI is InChI=1S/C14H14N4O.C11H13NO2/c15-11-4-2-1-3-10(11)13(16)18-14-12-9(5-7-17-14)6-8-19-12;1-14-10-6-4-9(5-7-10)12-11(13)8-2-3-8/h1-5,7H,6,8,15H2,(H2,16,17,18);4-8H,2-3H2,1H3,(H,12,13). The molecule has 1 saturated carbocycles. The highest BCUT2D eigenvalue weighted by molar-refractivity contribution is 6.03. The second-order valence-electron chi connectivity index (χ2n) is 7.80. The van der Waals surface area contributed by atoms with E-state index in [-0.39, 0.29) is 11.8 Å². The van der Waals surface area contributed by atoms with E-state index in [9.17, 15) is 4.79 Å². The number of hydrogen-bond donors (Lipinski definition) is 3. The Balaban J connectivity index is 0.000000165. The number of nitrogens with two attached hydrogens (primary N) is 2. The highest BCUT2D eigenvalue weighted by Crippen LogP contribution is 2.34. The Bertz CT molecular complexity index is 1160. The number of methoxy groups -OCH3 is 1. The third kappa shape index (κ3) is 5.60. The first-order chi connectivity index (χ1) is 16.0. The molecule has 2 heterocycles. The molecule has 1 aliphatic carbocycles. The maximum absolute atomic E-state index is 11.4. The summed E-state index contributed by atoms with van der Waals surface area (Å²) in [7, 11) is 1.62. The minimum atomic E-state index is 0.134. The molecule has 2 aliphatic rings. The van der Waals surface area contributed by atoms with E-state index in [2.05, 4.69) is 15.3 Å². The number of aliphatic imine (C=N–C) groups is 1. The van der Waals surface area contributed by atoms with Crippen LogP contribution in [0.3, 0.4) is 0 Å². The predicted molar refractivity (Wildman–Crippen MR) is 129 cm³/mol. The maximum atomic E-state index is 11.4. The van der Waals surface area contributed by atoms with Crippen LogP contribution in [-0.2, 0) is 11.2 Å². The SMILES string of the molecule is COc1ccc(NC(=O)C2CC2)cc1.NC(=Nc1nccc2c1OCC2)c1ccccc1N. The van der Waals surface area contributed by atoms with Crippen LogP contribution < -0.4 is 26.3 Å². The van der Waals surface area contributed by atoms with Crippen molar-refractivity contribution in [1.82, 2.24) is 4.98 Å². The van der Waals surface area contributed by atoms with Gasteiger partial charge in [0.15, 0.2) is 11.6 Å². The van der Waals surface area contributed by atoms with E-state index < -0.39 is 0 Å². The Kier molecular flexibility index (Phi) is 6.73. The Morgan fingerprint density at radius 1 is 1.15 bits per heavy atom. The monoisotopic (exact) mass is 445 g/mol. The number of anilines is 2. The molecule has 8 nitrogen and oxygen atoms in total. The molecule has 5 rings (SSSR count). The van der Waals surface area contributed by atoms with Crippen molar-refractivity contribution in [3.8, 4) is 11.5 Å². The van der Waals surface area contributed by atoms with Crippen molar-refractivity contribution < 1.29 is 14.3 Å². The van der Waals surface area contributed by atoms with Gasteiger partial charge in [0, 0.05) is 41.0 Å². The van der Waals surface area contributed by atoms with Crippen LogP contribution >= 0.6 is 0 Å². The summed E-state index contributed by atoms with van der Waals surface area (Å²) >= 11 is 0. The molecule has 0 radical (unpaired) electrons. The summed E-state index contributed by atoms with van der Waals surface area (Å²) in [5.41, 5.74) is 15.1. The van der Waals surface area contributed by atoms with Gasteiger partial charge in [0.2, 0.25) is 5.91 Å². The molecule has 0 saturated heterocycles. The van der Waals surface area contributed by atoms with Crippen molar-refractivity contribution in [2.24, 2.45) is 16.6 Å². The lowest BCUT2D eigenvalue weighted by Gasteiger charge is -2.06. The third-order valence-corrected chi connectivity index (χ3v) is 5.35. The van der Waals surface area contributed by atoms with E-state index >= 15 is 0 Å². The van der Waals surface area contributed by atoms with Crippen LogP contribution in [0.25, 0.3) is 0 Å². The first kappa shape index (κ1) is 22.1. The van der Waals surface area contributed by atoms with Crippen LogP contribution in [-0.4, -0.2) is 30.4 Å². The molecule has 1 aliphatic heterocycles. The number of nitrogen functional groups attached to an aromatic ring is 1. The fraction of sp³-hybridized carbons (Fsp3) is 0.240. The lowest BCUT2D eigenvalue weighted by molar-refractivity contribution is -0.117. The minimum Gasteiger partial charge on any atom is -0.497 e. The molecule has 2 aromatic carbocycles. The number of para-hydroxylation sites is 1. The van der Waals surface area contributed by atoms with Crippen molar-refractivity contribution in [3.63, 3.8) is 0 Å². The van der Waals surface area contributed by atoms with Crippen LogP contribution in [0.1, 0.15) is 24.0 Å². The molecule has 8 heteroatoms. The summed E-state index contributed by atoms with van der Waals surface area (Å²) in [5.74, 6) is 2.76. The van der Waals surface area contributed by atoms with Gasteiger partial charge in [-0.1, -0.05) is 12.1 Å². The van der Waals surface area contributed by atoms with Gasteiger partial charge in [-0.25, -0.2) is 9.98 Å². The number of ether oxygens (including phenoxy) is 2. The minimum absolute atomic E-state index is 0.134. The number of nitrogens with one attached hydrogen (secondary N) is 1. The zero-order valence-electron chi connectivity index (χ0n) is 18.5. The number of pyridine rings is 1. The smallest absolute Gasteiger partial charge is 0.227 e. The number of benzene rings is 2. The molecule has 1 amide bonds. The van der Waals surface area contributed by atoms with E-state index in [1.807, 2.05) is 48.5 Å². The normalized spacial score (nSPS) is 14.4. The number of amidine groups is 1. The van der Waals surface area contributed by atoms with E-state index in [4.69, 9.17) is 20.9 Å². The van der Waals surface area contributed by atoms with Gasteiger partial charge in [-0.05, 0) is 55.3 Å². The number of nitrogens with zero attached hydrogens (tertiary/aromatic N) is 2. The van der Waals surface area contributed by atoms with E-state index in [0.29, 0.717) is 29.5 Å². The third-order valence-electron chi connectivity index (χ3n) is 5.35. The van der Waals surface area contributed by atoms with Crippen LogP contribution in [0.15, 0.2) is 65.8 Å². The predicted octanol–water partition coefficient (Wildman–Crippen LogP) is 3.68. The molecule has 0 bridgehead atoms. The maximum Gasteiger partial charge on any atom is 0.227 e. The van der Waals surface area contributed by atoms with E-state index in [1.54, 1.807) is 19.4 Å². The van der Waals surface area contributed by atoms with Crippen LogP contribution in [0, 0.1) is 5.92 Å². The zero-order chi connectivity index (χ0) is 23.2. The Labute approximate surface area is 192 Å². The average Bonchev–Trinajstić information content (AvgIpc) is 3.57. The molecule has 0 spiro atoms. The van der Waals surface area contributed by atoms with Gasteiger partial charge in [0.05, 0.1) is 13.7 Å². The summed E-state index contributed by atoms with van der Waals surface area (Å²) in [6.45, 7) is 0.664. The average molecular weight is 446 g/mol. The van der Waals surface area contributed by atoms with E-state index in [0.717, 1.165) is 42.0 Å².